The van der Waals surface area contributed by atoms with E-state index in [9.17, 15) is 4.79 Å². The number of aromatic amines is 1. The average molecular weight is 179 g/mol. The van der Waals surface area contributed by atoms with Crippen molar-refractivity contribution in [2.75, 3.05) is 0 Å². The molecular formula is C7H5N3OS. The maximum Gasteiger partial charge on any atom is 0.251 e. The summed E-state index contributed by atoms with van der Waals surface area (Å²) in [5.41, 5.74) is 1.55. The second-order valence-electron chi connectivity index (χ2n) is 2.15. The molecule has 0 saturated carbocycles. The molecule has 0 aliphatic carbocycles. The predicted octanol–water partition coefficient (Wildman–Crippen LogP) is 0.893. The minimum atomic E-state index is -0.145. The van der Waals surface area contributed by atoms with Crippen molar-refractivity contribution in [3.8, 4) is 10.7 Å². The summed E-state index contributed by atoms with van der Waals surface area (Å²) in [6.45, 7) is 0. The van der Waals surface area contributed by atoms with Crippen LogP contribution in [0, 0.1) is 0 Å². The Balaban J connectivity index is 2.55. The Morgan fingerprint density at radius 1 is 1.50 bits per heavy atom. The Kier molecular flexibility index (Phi) is 1.71. The fourth-order valence-electron chi connectivity index (χ4n) is 0.828. The van der Waals surface area contributed by atoms with Gasteiger partial charge in [0, 0.05) is 18.5 Å². The van der Waals surface area contributed by atoms with Crippen LogP contribution in [0.3, 0.4) is 0 Å². The fourth-order valence-corrected chi connectivity index (χ4v) is 1.40. The molecule has 0 aliphatic rings. The molecule has 2 heterocycles. The van der Waals surface area contributed by atoms with E-state index in [-0.39, 0.29) is 5.56 Å². The summed E-state index contributed by atoms with van der Waals surface area (Å²) >= 11 is 1.44. The quantitative estimate of drug-likeness (QED) is 0.707. The van der Waals surface area contributed by atoms with Gasteiger partial charge in [0.15, 0.2) is 5.82 Å². The lowest BCUT2D eigenvalue weighted by atomic mass is 10.5. The second-order valence-corrected chi connectivity index (χ2v) is 3.03. The first kappa shape index (κ1) is 7.17. The number of hydrogen-bond acceptors (Lipinski definition) is 4. The number of nitrogens with one attached hydrogen (secondary N) is 1. The lowest BCUT2D eigenvalue weighted by Crippen LogP contribution is -2.04. The van der Waals surface area contributed by atoms with E-state index in [0.717, 1.165) is 4.88 Å². The number of aromatic nitrogens is 3. The number of H-pyrrole nitrogens is 1. The molecule has 2 aromatic rings. The normalized spacial score (nSPS) is 10.0. The Bertz CT molecular complexity index is 420. The number of hydrogen-bond donors (Lipinski definition) is 1. The molecule has 1 N–H and O–H groups in total. The maximum absolute atomic E-state index is 10.9. The lowest BCUT2D eigenvalue weighted by molar-refractivity contribution is 1.13. The standard InChI is InChI=1S/C7H5N3OS/c11-6-1-2-9-7(10-6)5-3-8-4-12-5/h1-4H,(H,9,10,11). The number of nitrogens with zero attached hydrogens (tertiary/aromatic N) is 2. The van der Waals surface area contributed by atoms with Gasteiger partial charge in [0.25, 0.3) is 5.56 Å². The van der Waals surface area contributed by atoms with Gasteiger partial charge in [0.05, 0.1) is 10.4 Å². The minimum Gasteiger partial charge on any atom is -0.306 e. The zero-order valence-corrected chi connectivity index (χ0v) is 6.84. The van der Waals surface area contributed by atoms with Crippen molar-refractivity contribution in [2.24, 2.45) is 0 Å². The van der Waals surface area contributed by atoms with Gasteiger partial charge in [-0.05, 0) is 0 Å². The summed E-state index contributed by atoms with van der Waals surface area (Å²) in [4.78, 5) is 22.2. The molecule has 2 aromatic heterocycles. The fraction of sp³-hybridized carbons (Fsp3) is 0. The monoisotopic (exact) mass is 179 g/mol. The number of rotatable bonds is 1. The SMILES string of the molecule is O=c1ccnc(-c2cncs2)[nH]1. The third kappa shape index (κ3) is 1.26. The molecule has 0 aromatic carbocycles. The van der Waals surface area contributed by atoms with Crippen molar-refractivity contribution < 1.29 is 0 Å². The molecule has 0 aliphatic heterocycles. The molecular weight excluding hydrogens is 174 g/mol. The first-order chi connectivity index (χ1) is 5.86. The summed E-state index contributed by atoms with van der Waals surface area (Å²) in [5.74, 6) is 0.574. The van der Waals surface area contributed by atoms with Crippen molar-refractivity contribution in [3.05, 3.63) is 34.3 Å². The molecule has 4 nitrogen and oxygen atoms in total. The molecule has 5 heteroatoms. The molecule has 0 spiro atoms. The van der Waals surface area contributed by atoms with Crippen molar-refractivity contribution in [1.29, 1.82) is 0 Å². The highest BCUT2D eigenvalue weighted by atomic mass is 32.1. The molecule has 0 atom stereocenters. The number of thiazole rings is 1. The summed E-state index contributed by atoms with van der Waals surface area (Å²) in [5, 5.41) is 0. The van der Waals surface area contributed by atoms with Gasteiger partial charge in [-0.25, -0.2) is 4.98 Å². The van der Waals surface area contributed by atoms with Gasteiger partial charge >= 0.3 is 0 Å². The van der Waals surface area contributed by atoms with Crippen LogP contribution in [-0.4, -0.2) is 15.0 Å². The van der Waals surface area contributed by atoms with E-state index >= 15 is 0 Å². The summed E-state index contributed by atoms with van der Waals surface area (Å²) in [7, 11) is 0. The van der Waals surface area contributed by atoms with Crippen LogP contribution in [0.1, 0.15) is 0 Å². The van der Waals surface area contributed by atoms with E-state index < -0.39 is 0 Å². The van der Waals surface area contributed by atoms with Crippen LogP contribution in [-0.2, 0) is 0 Å². The first-order valence-corrected chi connectivity index (χ1v) is 4.18. The molecule has 12 heavy (non-hydrogen) atoms. The summed E-state index contributed by atoms with van der Waals surface area (Å²) in [6.07, 6.45) is 3.15. The molecule has 0 saturated heterocycles. The van der Waals surface area contributed by atoms with Crippen LogP contribution in [0.25, 0.3) is 10.7 Å². The zero-order chi connectivity index (χ0) is 8.39. The first-order valence-electron chi connectivity index (χ1n) is 3.30. The van der Waals surface area contributed by atoms with Crippen LogP contribution in [0.5, 0.6) is 0 Å². The third-order valence-electron chi connectivity index (χ3n) is 1.34. The van der Waals surface area contributed by atoms with Crippen molar-refractivity contribution in [1.82, 2.24) is 15.0 Å². The van der Waals surface area contributed by atoms with Gasteiger partial charge in [-0.1, -0.05) is 0 Å². The van der Waals surface area contributed by atoms with Crippen molar-refractivity contribution in [3.63, 3.8) is 0 Å². The summed E-state index contributed by atoms with van der Waals surface area (Å²) in [6, 6.07) is 1.38. The minimum absolute atomic E-state index is 0.145. The topological polar surface area (TPSA) is 58.6 Å². The molecule has 0 amide bonds. The molecule has 0 radical (unpaired) electrons. The van der Waals surface area contributed by atoms with E-state index in [2.05, 4.69) is 15.0 Å². The van der Waals surface area contributed by atoms with Gasteiger partial charge in [0.2, 0.25) is 0 Å². The van der Waals surface area contributed by atoms with E-state index in [0.29, 0.717) is 5.82 Å². The van der Waals surface area contributed by atoms with Gasteiger partial charge < -0.3 is 4.98 Å². The molecule has 0 fully saturated rings. The van der Waals surface area contributed by atoms with E-state index in [1.165, 1.54) is 23.6 Å². The Hall–Kier alpha value is -1.49. The van der Waals surface area contributed by atoms with E-state index in [1.54, 1.807) is 11.7 Å². The molecule has 0 bridgehead atoms. The third-order valence-corrected chi connectivity index (χ3v) is 2.12. The highest BCUT2D eigenvalue weighted by molar-refractivity contribution is 7.13. The van der Waals surface area contributed by atoms with Crippen molar-refractivity contribution >= 4 is 11.3 Å². The van der Waals surface area contributed by atoms with Crippen molar-refractivity contribution in [2.45, 2.75) is 0 Å². The largest absolute Gasteiger partial charge is 0.306 e. The molecule has 2 rings (SSSR count). The maximum atomic E-state index is 10.9. The van der Waals surface area contributed by atoms with Gasteiger partial charge in [-0.2, -0.15) is 0 Å². The summed E-state index contributed by atoms with van der Waals surface area (Å²) < 4.78 is 0. The molecule has 0 unspecified atom stereocenters. The Morgan fingerprint density at radius 3 is 3.08 bits per heavy atom. The molecule has 60 valence electrons. The van der Waals surface area contributed by atoms with Crippen LogP contribution in [0.15, 0.2) is 28.8 Å². The van der Waals surface area contributed by atoms with Crippen LogP contribution < -0.4 is 5.56 Å². The van der Waals surface area contributed by atoms with Gasteiger partial charge in [-0.15, -0.1) is 11.3 Å². The highest BCUT2D eigenvalue weighted by Gasteiger charge is 1.99. The smallest absolute Gasteiger partial charge is 0.251 e. The Morgan fingerprint density at radius 2 is 2.42 bits per heavy atom. The van der Waals surface area contributed by atoms with E-state index in [1.807, 2.05) is 0 Å². The van der Waals surface area contributed by atoms with Gasteiger partial charge in [-0.3, -0.25) is 9.78 Å². The predicted molar refractivity (Wildman–Crippen MR) is 46.0 cm³/mol. The zero-order valence-electron chi connectivity index (χ0n) is 6.02. The highest BCUT2D eigenvalue weighted by Crippen LogP contribution is 2.16. The van der Waals surface area contributed by atoms with Crippen LogP contribution >= 0.6 is 11.3 Å². The van der Waals surface area contributed by atoms with E-state index in [4.69, 9.17) is 0 Å². The Labute approximate surface area is 71.9 Å². The van der Waals surface area contributed by atoms with Gasteiger partial charge in [0.1, 0.15) is 0 Å². The van der Waals surface area contributed by atoms with Crippen LogP contribution in [0.4, 0.5) is 0 Å². The lowest BCUT2D eigenvalue weighted by Gasteiger charge is -1.91. The second kappa shape index (κ2) is 2.86. The average Bonchev–Trinajstić information content (AvgIpc) is 2.56. The van der Waals surface area contributed by atoms with Crippen LogP contribution in [0.2, 0.25) is 0 Å².